The van der Waals surface area contributed by atoms with E-state index in [1.807, 2.05) is 0 Å². The first-order valence-electron chi connectivity index (χ1n) is 5.68. The van der Waals surface area contributed by atoms with Crippen molar-refractivity contribution in [3.05, 3.63) is 39.7 Å². The Balaban J connectivity index is 2.86. The van der Waals surface area contributed by atoms with Gasteiger partial charge in [-0.3, -0.25) is 10.1 Å². The molecular formula is C12H14FNO5. The molecule has 0 amide bonds. The van der Waals surface area contributed by atoms with Gasteiger partial charge in [-0.25, -0.2) is 9.18 Å². The van der Waals surface area contributed by atoms with E-state index in [4.69, 9.17) is 9.47 Å². The Kier molecular flexibility index (Phi) is 5.37. The van der Waals surface area contributed by atoms with Crippen molar-refractivity contribution in [2.24, 2.45) is 0 Å². The summed E-state index contributed by atoms with van der Waals surface area (Å²) >= 11 is 0. The number of ether oxygens (including phenoxy) is 2. The lowest BCUT2D eigenvalue weighted by Gasteiger charge is -2.13. The quantitative estimate of drug-likeness (QED) is 0.450. The SMILES string of the molecule is CCOCC(C)OC(=O)c1cc(F)ccc1[N+](=O)[O-]. The van der Waals surface area contributed by atoms with E-state index in [9.17, 15) is 19.3 Å². The molecule has 0 N–H and O–H groups in total. The lowest BCUT2D eigenvalue weighted by molar-refractivity contribution is -0.385. The van der Waals surface area contributed by atoms with Crippen molar-refractivity contribution in [2.45, 2.75) is 20.0 Å². The lowest BCUT2D eigenvalue weighted by Crippen LogP contribution is -2.21. The van der Waals surface area contributed by atoms with Gasteiger partial charge in [0.1, 0.15) is 17.5 Å². The van der Waals surface area contributed by atoms with Crippen LogP contribution >= 0.6 is 0 Å². The highest BCUT2D eigenvalue weighted by atomic mass is 19.1. The molecule has 1 unspecified atom stereocenters. The monoisotopic (exact) mass is 271 g/mol. The molecule has 0 saturated carbocycles. The second-order valence-electron chi connectivity index (χ2n) is 3.79. The summed E-state index contributed by atoms with van der Waals surface area (Å²) in [5, 5.41) is 10.7. The Morgan fingerprint density at radius 2 is 2.21 bits per heavy atom. The molecule has 1 rings (SSSR count). The molecule has 0 aliphatic rings. The summed E-state index contributed by atoms with van der Waals surface area (Å²) in [7, 11) is 0. The van der Waals surface area contributed by atoms with Crippen molar-refractivity contribution in [1.29, 1.82) is 0 Å². The second kappa shape index (κ2) is 6.79. The highest BCUT2D eigenvalue weighted by molar-refractivity contribution is 5.94. The van der Waals surface area contributed by atoms with E-state index >= 15 is 0 Å². The number of nitro groups is 1. The molecule has 7 heteroatoms. The number of hydrogen-bond donors (Lipinski definition) is 0. The predicted octanol–water partition coefficient (Wildman–Crippen LogP) is 2.32. The van der Waals surface area contributed by atoms with E-state index in [2.05, 4.69) is 0 Å². The maximum Gasteiger partial charge on any atom is 0.345 e. The molecule has 0 spiro atoms. The van der Waals surface area contributed by atoms with Crippen LogP contribution in [0.1, 0.15) is 24.2 Å². The Bertz CT molecular complexity index is 477. The summed E-state index contributed by atoms with van der Waals surface area (Å²) in [6.07, 6.45) is -0.574. The molecule has 0 fully saturated rings. The zero-order chi connectivity index (χ0) is 14.4. The van der Waals surface area contributed by atoms with E-state index in [1.54, 1.807) is 13.8 Å². The maximum atomic E-state index is 13.1. The Morgan fingerprint density at radius 1 is 1.53 bits per heavy atom. The van der Waals surface area contributed by atoms with Gasteiger partial charge in [-0.15, -0.1) is 0 Å². The van der Waals surface area contributed by atoms with Gasteiger partial charge in [-0.2, -0.15) is 0 Å². The van der Waals surface area contributed by atoms with Crippen molar-refractivity contribution < 1.29 is 23.6 Å². The van der Waals surface area contributed by atoms with Gasteiger partial charge in [0.15, 0.2) is 0 Å². The largest absolute Gasteiger partial charge is 0.456 e. The maximum absolute atomic E-state index is 13.1. The molecule has 1 aromatic carbocycles. The normalized spacial score (nSPS) is 11.9. The standard InChI is InChI=1S/C12H14FNO5/c1-3-18-7-8(2)19-12(15)10-6-9(13)4-5-11(10)14(16)17/h4-6,8H,3,7H2,1-2H3. The van der Waals surface area contributed by atoms with Crippen molar-refractivity contribution >= 4 is 11.7 Å². The lowest BCUT2D eigenvalue weighted by atomic mass is 10.2. The number of hydrogen-bond acceptors (Lipinski definition) is 5. The number of carbonyl (C=O) groups excluding carboxylic acids is 1. The first-order chi connectivity index (χ1) is 8.95. The number of nitrogens with zero attached hydrogens (tertiary/aromatic N) is 1. The summed E-state index contributed by atoms with van der Waals surface area (Å²) in [5.41, 5.74) is -0.900. The first kappa shape index (κ1) is 15.0. The van der Waals surface area contributed by atoms with Crippen LogP contribution in [-0.4, -0.2) is 30.2 Å². The Labute approximate surface area is 109 Å². The summed E-state index contributed by atoms with van der Waals surface area (Å²) in [6, 6.07) is 2.63. The topological polar surface area (TPSA) is 78.7 Å². The van der Waals surface area contributed by atoms with E-state index < -0.39 is 34.1 Å². The number of benzene rings is 1. The molecular weight excluding hydrogens is 257 g/mol. The van der Waals surface area contributed by atoms with Crippen molar-refractivity contribution in [2.75, 3.05) is 13.2 Å². The third-order valence-corrected chi connectivity index (χ3v) is 2.24. The molecule has 0 bridgehead atoms. The number of carbonyl (C=O) groups is 1. The number of nitro benzene ring substituents is 1. The highest BCUT2D eigenvalue weighted by Gasteiger charge is 2.23. The predicted molar refractivity (Wildman–Crippen MR) is 64.4 cm³/mol. The minimum atomic E-state index is -0.946. The smallest absolute Gasteiger partial charge is 0.345 e. The van der Waals surface area contributed by atoms with Crippen molar-refractivity contribution in [3.8, 4) is 0 Å². The average Bonchev–Trinajstić information content (AvgIpc) is 2.35. The van der Waals surface area contributed by atoms with Crippen molar-refractivity contribution in [1.82, 2.24) is 0 Å². The molecule has 0 aliphatic carbocycles. The molecule has 1 aromatic rings. The van der Waals surface area contributed by atoms with Crippen LogP contribution < -0.4 is 0 Å². The highest BCUT2D eigenvalue weighted by Crippen LogP contribution is 2.20. The zero-order valence-corrected chi connectivity index (χ0v) is 10.6. The Hall–Kier alpha value is -2.02. The summed E-state index contributed by atoms with van der Waals surface area (Å²) in [5.74, 6) is -1.69. The molecule has 0 radical (unpaired) electrons. The fraction of sp³-hybridized carbons (Fsp3) is 0.417. The van der Waals surface area contributed by atoms with Gasteiger partial charge in [0.2, 0.25) is 0 Å². The van der Waals surface area contributed by atoms with Crippen LogP contribution in [0.5, 0.6) is 0 Å². The minimum absolute atomic E-state index is 0.172. The van der Waals surface area contributed by atoms with Crippen LogP contribution in [0.4, 0.5) is 10.1 Å². The van der Waals surface area contributed by atoms with Gasteiger partial charge in [0.05, 0.1) is 11.5 Å². The number of halogens is 1. The molecule has 1 atom stereocenters. The molecule has 0 aliphatic heterocycles. The molecule has 0 saturated heterocycles. The van der Waals surface area contributed by atoms with Gasteiger partial charge >= 0.3 is 5.97 Å². The average molecular weight is 271 g/mol. The van der Waals surface area contributed by atoms with Crippen LogP contribution in [0, 0.1) is 15.9 Å². The summed E-state index contributed by atoms with van der Waals surface area (Å²) < 4.78 is 23.1. The van der Waals surface area contributed by atoms with E-state index in [0.29, 0.717) is 6.61 Å². The fourth-order valence-corrected chi connectivity index (χ4v) is 1.40. The molecule has 0 aromatic heterocycles. The third kappa shape index (κ3) is 4.29. The van der Waals surface area contributed by atoms with E-state index in [1.165, 1.54) is 0 Å². The van der Waals surface area contributed by atoms with E-state index in [-0.39, 0.29) is 6.61 Å². The van der Waals surface area contributed by atoms with Crippen LogP contribution in [0.2, 0.25) is 0 Å². The fourth-order valence-electron chi connectivity index (χ4n) is 1.40. The van der Waals surface area contributed by atoms with Crippen LogP contribution in [0.25, 0.3) is 0 Å². The number of rotatable bonds is 6. The van der Waals surface area contributed by atoms with E-state index in [0.717, 1.165) is 18.2 Å². The van der Waals surface area contributed by atoms with Gasteiger partial charge in [0, 0.05) is 12.7 Å². The third-order valence-electron chi connectivity index (χ3n) is 2.24. The minimum Gasteiger partial charge on any atom is -0.456 e. The summed E-state index contributed by atoms with van der Waals surface area (Å²) in [4.78, 5) is 21.7. The van der Waals surface area contributed by atoms with Crippen LogP contribution in [0.3, 0.4) is 0 Å². The Morgan fingerprint density at radius 3 is 2.79 bits per heavy atom. The molecule has 0 heterocycles. The second-order valence-corrected chi connectivity index (χ2v) is 3.79. The summed E-state index contributed by atoms with van der Waals surface area (Å²) in [6.45, 7) is 4.00. The van der Waals surface area contributed by atoms with Gasteiger partial charge in [-0.05, 0) is 26.0 Å². The molecule has 6 nitrogen and oxygen atoms in total. The first-order valence-corrected chi connectivity index (χ1v) is 5.68. The van der Waals surface area contributed by atoms with Crippen LogP contribution in [0.15, 0.2) is 18.2 Å². The van der Waals surface area contributed by atoms with Crippen LogP contribution in [-0.2, 0) is 9.47 Å². The van der Waals surface area contributed by atoms with Gasteiger partial charge in [-0.1, -0.05) is 0 Å². The van der Waals surface area contributed by atoms with Crippen molar-refractivity contribution in [3.63, 3.8) is 0 Å². The molecule has 104 valence electrons. The zero-order valence-electron chi connectivity index (χ0n) is 10.6. The van der Waals surface area contributed by atoms with Gasteiger partial charge < -0.3 is 9.47 Å². The number of esters is 1. The van der Waals surface area contributed by atoms with Gasteiger partial charge in [0.25, 0.3) is 5.69 Å². The molecule has 19 heavy (non-hydrogen) atoms.